The molecule has 3 N–H and O–H groups in total. The van der Waals surface area contributed by atoms with E-state index in [9.17, 15) is 20.1 Å². The van der Waals surface area contributed by atoms with Crippen LogP contribution in [-0.2, 0) is 14.3 Å². The quantitative estimate of drug-likeness (QED) is 0.514. The average molecular weight is 489 g/mol. The van der Waals surface area contributed by atoms with Gasteiger partial charge < -0.3 is 24.8 Å². The molecule has 0 radical (unpaired) electrons. The monoisotopic (exact) mass is 488 g/mol. The number of epoxide rings is 1. The summed E-state index contributed by atoms with van der Waals surface area (Å²) in [6, 6.07) is 0. The molecule has 35 heavy (non-hydrogen) atoms. The van der Waals surface area contributed by atoms with E-state index in [4.69, 9.17) is 9.47 Å². The lowest BCUT2D eigenvalue weighted by atomic mass is 9.41. The van der Waals surface area contributed by atoms with Gasteiger partial charge in [0.25, 0.3) is 0 Å². The maximum Gasteiger partial charge on any atom is 0.186 e. The van der Waals surface area contributed by atoms with Gasteiger partial charge in [0.05, 0.1) is 23.9 Å². The van der Waals surface area contributed by atoms with Gasteiger partial charge in [0.2, 0.25) is 0 Å². The van der Waals surface area contributed by atoms with E-state index in [-0.39, 0.29) is 40.5 Å². The van der Waals surface area contributed by atoms with E-state index in [1.807, 2.05) is 6.08 Å². The van der Waals surface area contributed by atoms with Crippen molar-refractivity contribution in [2.24, 2.45) is 45.8 Å². The Hall–Kier alpha value is -0.790. The number of rotatable bonds is 2. The molecule has 2 aliphatic heterocycles. The van der Waals surface area contributed by atoms with Crippen molar-refractivity contribution >= 4 is 5.78 Å². The van der Waals surface area contributed by atoms with Crippen molar-refractivity contribution in [1.82, 2.24) is 0 Å². The van der Waals surface area contributed by atoms with Gasteiger partial charge in [-0.1, -0.05) is 33.8 Å². The summed E-state index contributed by atoms with van der Waals surface area (Å²) in [4.78, 5) is 13.4. The van der Waals surface area contributed by atoms with Crippen molar-refractivity contribution in [2.75, 3.05) is 0 Å². The summed E-state index contributed by atoms with van der Waals surface area (Å²) >= 11 is 0. The topological polar surface area (TPSA) is 99.5 Å². The molecule has 0 amide bonds. The zero-order valence-corrected chi connectivity index (χ0v) is 22.2. The molecule has 14 atom stereocenters. The summed E-state index contributed by atoms with van der Waals surface area (Å²) in [7, 11) is 0. The molecule has 0 bridgehead atoms. The highest BCUT2D eigenvalue weighted by molar-refractivity contribution is 5.97. The highest BCUT2D eigenvalue weighted by Crippen LogP contribution is 2.74. The first-order chi connectivity index (χ1) is 16.2. The number of ether oxygens (including phenoxy) is 2. The van der Waals surface area contributed by atoms with Crippen LogP contribution in [0.2, 0.25) is 0 Å². The molecule has 5 fully saturated rings. The van der Waals surface area contributed by atoms with Crippen molar-refractivity contribution in [3.05, 3.63) is 12.2 Å². The summed E-state index contributed by atoms with van der Waals surface area (Å²) in [5.74, 6) is 2.08. The molecule has 0 aromatic rings. The maximum absolute atomic E-state index is 13.4. The molecular weight excluding hydrogens is 444 g/mol. The van der Waals surface area contributed by atoms with Crippen LogP contribution in [0.1, 0.15) is 80.1 Å². The number of carbonyl (C=O) groups is 1. The van der Waals surface area contributed by atoms with Gasteiger partial charge in [0.1, 0.15) is 5.60 Å². The minimum atomic E-state index is -1.70. The smallest absolute Gasteiger partial charge is 0.186 e. The second-order valence-corrected chi connectivity index (χ2v) is 14.1. The Morgan fingerprint density at radius 3 is 2.43 bits per heavy atom. The second-order valence-electron chi connectivity index (χ2n) is 14.1. The summed E-state index contributed by atoms with van der Waals surface area (Å²) in [6.45, 7) is 12.2. The maximum atomic E-state index is 13.4. The molecule has 4 aliphatic carbocycles. The highest BCUT2D eigenvalue weighted by atomic mass is 16.6. The van der Waals surface area contributed by atoms with Crippen LogP contribution >= 0.6 is 0 Å². The Labute approximate surface area is 209 Å². The van der Waals surface area contributed by atoms with Gasteiger partial charge in [0.15, 0.2) is 12.1 Å². The van der Waals surface area contributed by atoms with Crippen LogP contribution < -0.4 is 0 Å². The standard InChI is InChI=1S/C29H44O6/c1-15(19-14-27(4,32)29(6,33)24(31)34-19)16-9-10-17-21-18(11-13-25(16,17)2)28(5)20(30)8-7-12-26(28,3)23-22(21)35-23/h7-8,15-19,21-24,31-33H,9-14H2,1-6H3/t15-,16+,17-,18-,19+,21-,22-,23-,24-,25+,26+,27+,28-,29-/m0/s1. The lowest BCUT2D eigenvalue weighted by Gasteiger charge is -2.61. The zero-order chi connectivity index (χ0) is 25.3. The van der Waals surface area contributed by atoms with Crippen LogP contribution in [0, 0.1) is 45.8 Å². The van der Waals surface area contributed by atoms with Crippen LogP contribution in [0.15, 0.2) is 12.2 Å². The first kappa shape index (κ1) is 24.5. The van der Waals surface area contributed by atoms with Crippen molar-refractivity contribution in [3.63, 3.8) is 0 Å². The van der Waals surface area contributed by atoms with Crippen LogP contribution in [0.25, 0.3) is 0 Å². The summed E-state index contributed by atoms with van der Waals surface area (Å²) in [5, 5.41) is 32.1. The van der Waals surface area contributed by atoms with Gasteiger partial charge in [-0.05, 0) is 87.0 Å². The third-order valence-electron chi connectivity index (χ3n) is 12.9. The molecule has 0 spiro atoms. The highest BCUT2D eigenvalue weighted by Gasteiger charge is 2.76. The predicted octanol–water partition coefficient (Wildman–Crippen LogP) is 3.61. The number of aliphatic hydroxyl groups excluding tert-OH is 1. The van der Waals surface area contributed by atoms with Crippen LogP contribution in [0.4, 0.5) is 0 Å². The van der Waals surface area contributed by atoms with E-state index in [0.717, 1.165) is 32.1 Å². The van der Waals surface area contributed by atoms with Gasteiger partial charge in [-0.3, -0.25) is 4.79 Å². The van der Waals surface area contributed by atoms with E-state index in [1.54, 1.807) is 6.92 Å². The minimum absolute atomic E-state index is 0.106. The summed E-state index contributed by atoms with van der Waals surface area (Å²) in [5.41, 5.74) is -3.50. The molecule has 6 nitrogen and oxygen atoms in total. The van der Waals surface area contributed by atoms with E-state index >= 15 is 0 Å². The number of aliphatic hydroxyl groups is 3. The van der Waals surface area contributed by atoms with E-state index < -0.39 is 17.5 Å². The van der Waals surface area contributed by atoms with Crippen LogP contribution in [-0.4, -0.2) is 56.9 Å². The van der Waals surface area contributed by atoms with Gasteiger partial charge in [-0.25, -0.2) is 0 Å². The normalized spacial score (nSPS) is 61.9. The van der Waals surface area contributed by atoms with Crippen LogP contribution in [0.5, 0.6) is 0 Å². The summed E-state index contributed by atoms with van der Waals surface area (Å²) in [6.07, 6.45) is 8.15. The number of fused-ring (bicyclic) bond motifs is 8. The molecule has 2 heterocycles. The molecule has 6 rings (SSSR count). The van der Waals surface area contributed by atoms with Crippen molar-refractivity contribution in [3.8, 4) is 0 Å². The van der Waals surface area contributed by atoms with E-state index in [1.165, 1.54) is 6.92 Å². The zero-order valence-electron chi connectivity index (χ0n) is 22.2. The summed E-state index contributed by atoms with van der Waals surface area (Å²) < 4.78 is 12.4. The molecule has 0 aromatic heterocycles. The largest absolute Gasteiger partial charge is 0.387 e. The minimum Gasteiger partial charge on any atom is -0.387 e. The Balaban J connectivity index is 1.28. The first-order valence-corrected chi connectivity index (χ1v) is 13.8. The number of ketones is 1. The Kier molecular flexibility index (Phi) is 5.04. The average Bonchev–Trinajstić information content (AvgIpc) is 3.50. The third kappa shape index (κ3) is 2.87. The van der Waals surface area contributed by atoms with Gasteiger partial charge in [0, 0.05) is 17.3 Å². The first-order valence-electron chi connectivity index (χ1n) is 13.8. The van der Waals surface area contributed by atoms with Gasteiger partial charge >= 0.3 is 0 Å². The van der Waals surface area contributed by atoms with Crippen LogP contribution in [0.3, 0.4) is 0 Å². The molecule has 3 saturated carbocycles. The molecular formula is C29H44O6. The van der Waals surface area contributed by atoms with Crippen molar-refractivity contribution in [2.45, 2.75) is 116 Å². The second kappa shape index (κ2) is 7.19. The Morgan fingerprint density at radius 2 is 1.74 bits per heavy atom. The van der Waals surface area contributed by atoms with Gasteiger partial charge in [-0.2, -0.15) is 0 Å². The Bertz CT molecular complexity index is 957. The third-order valence-corrected chi connectivity index (χ3v) is 12.9. The fraction of sp³-hybridized carbons (Fsp3) is 0.897. The van der Waals surface area contributed by atoms with Crippen molar-refractivity contribution in [1.29, 1.82) is 0 Å². The fourth-order valence-corrected chi connectivity index (χ4v) is 10.0. The molecule has 2 saturated heterocycles. The lowest BCUT2D eigenvalue weighted by Crippen LogP contribution is -2.65. The number of hydrogen-bond donors (Lipinski definition) is 3. The number of carbonyl (C=O) groups excluding carboxylic acids is 1. The predicted molar refractivity (Wildman–Crippen MR) is 130 cm³/mol. The van der Waals surface area contributed by atoms with E-state index in [0.29, 0.717) is 35.9 Å². The molecule has 6 aliphatic rings. The van der Waals surface area contributed by atoms with Gasteiger partial charge in [-0.15, -0.1) is 0 Å². The molecule has 0 aromatic carbocycles. The van der Waals surface area contributed by atoms with E-state index in [2.05, 4.69) is 33.8 Å². The number of hydrogen-bond acceptors (Lipinski definition) is 6. The number of allylic oxidation sites excluding steroid dienone is 2. The van der Waals surface area contributed by atoms with Crippen molar-refractivity contribution < 1.29 is 29.6 Å². The SMILES string of the molecule is C[C@@H]([C@H]1CC[C@H]2[C@@H]3[C@@H]4O[C@@H]4[C@@]4(C)CC=CC(=O)[C@]4(C)[C@H]3CC[C@]12C)[C@H]1C[C@@](C)(O)[C@@](C)(O)[C@@H](O)O1. The lowest BCUT2D eigenvalue weighted by molar-refractivity contribution is -0.328. The molecule has 6 heteroatoms. The molecule has 0 unspecified atom stereocenters. The molecule has 196 valence electrons. The Morgan fingerprint density at radius 1 is 1.03 bits per heavy atom. The fourth-order valence-electron chi connectivity index (χ4n) is 10.0.